The van der Waals surface area contributed by atoms with E-state index in [1.165, 1.54) is 12.1 Å². The van der Waals surface area contributed by atoms with Crippen molar-refractivity contribution in [2.24, 2.45) is 7.05 Å². The molecule has 0 aliphatic carbocycles. The molecule has 0 bridgehead atoms. The summed E-state index contributed by atoms with van der Waals surface area (Å²) in [4.78, 5) is 12.2. The fourth-order valence-corrected chi connectivity index (χ4v) is 3.50. The predicted molar refractivity (Wildman–Crippen MR) is 105 cm³/mol. The van der Waals surface area contributed by atoms with Gasteiger partial charge in [-0.3, -0.25) is 4.68 Å². The summed E-state index contributed by atoms with van der Waals surface area (Å²) in [5, 5.41) is 5.27. The Morgan fingerprint density at radius 2 is 1.86 bits per heavy atom. The van der Waals surface area contributed by atoms with Crippen LogP contribution in [0.15, 0.2) is 67.4 Å². The van der Waals surface area contributed by atoms with E-state index in [2.05, 4.69) is 24.6 Å². The molecule has 0 spiro atoms. The average molecular weight is 372 g/mol. The number of pyridine rings is 1. The molecule has 4 heterocycles. The van der Waals surface area contributed by atoms with Crippen LogP contribution in [-0.2, 0) is 13.6 Å². The van der Waals surface area contributed by atoms with Gasteiger partial charge in [0.25, 0.3) is 0 Å². The van der Waals surface area contributed by atoms with Gasteiger partial charge in [-0.25, -0.2) is 14.4 Å². The van der Waals surface area contributed by atoms with E-state index >= 15 is 0 Å². The van der Waals surface area contributed by atoms with Crippen LogP contribution in [-0.4, -0.2) is 29.3 Å². The second-order valence-electron chi connectivity index (χ2n) is 6.62. The number of fused-ring (bicyclic) bond motifs is 1. The summed E-state index contributed by atoms with van der Waals surface area (Å²) in [7, 11) is 1.92. The minimum absolute atomic E-state index is 0.267. The topological polar surface area (TPSA) is 64.3 Å². The van der Waals surface area contributed by atoms with Crippen LogP contribution >= 0.6 is 0 Å². The Hall–Kier alpha value is -3.74. The Bertz CT molecular complexity index is 1260. The summed E-state index contributed by atoms with van der Waals surface area (Å²) in [5.41, 5.74) is 5.51. The third kappa shape index (κ3) is 2.68. The largest absolute Gasteiger partial charge is 0.346 e. The number of H-pyrrole nitrogens is 1. The number of imidazole rings is 1. The van der Waals surface area contributed by atoms with Gasteiger partial charge in [0.05, 0.1) is 30.0 Å². The normalized spacial score (nSPS) is 11.4. The number of aromatic amines is 1. The lowest BCUT2D eigenvalue weighted by Gasteiger charge is -2.12. The molecule has 0 aliphatic heterocycles. The van der Waals surface area contributed by atoms with Crippen molar-refractivity contribution >= 4 is 11.0 Å². The molecule has 1 N–H and O–H groups in total. The molecule has 1 aromatic carbocycles. The van der Waals surface area contributed by atoms with E-state index in [9.17, 15) is 4.39 Å². The Labute approximate surface area is 160 Å². The maximum Gasteiger partial charge on any atom is 0.137 e. The smallest absolute Gasteiger partial charge is 0.137 e. The highest BCUT2D eigenvalue weighted by Crippen LogP contribution is 2.35. The maximum atomic E-state index is 13.4. The van der Waals surface area contributed by atoms with E-state index in [1.807, 2.05) is 42.5 Å². The van der Waals surface area contributed by atoms with Crippen LogP contribution < -0.4 is 0 Å². The lowest BCUT2D eigenvalue weighted by Crippen LogP contribution is -2.06. The number of nitrogens with zero attached hydrogens (tertiary/aromatic N) is 5. The number of nitrogens with one attached hydrogen (secondary N) is 1. The SMILES string of the molecule is Cn1nccc1Cn1cnc(-c2ccc(F)cc2)c1-c1ccnc2[nH]ccc12. The first-order chi connectivity index (χ1) is 13.7. The van der Waals surface area contributed by atoms with Crippen LogP contribution in [0.3, 0.4) is 0 Å². The third-order valence-electron chi connectivity index (χ3n) is 4.93. The van der Waals surface area contributed by atoms with Crippen molar-refractivity contribution in [3.8, 4) is 22.5 Å². The maximum absolute atomic E-state index is 13.4. The molecule has 138 valence electrons. The van der Waals surface area contributed by atoms with E-state index in [1.54, 1.807) is 24.5 Å². The molecule has 5 rings (SSSR count). The van der Waals surface area contributed by atoms with Crippen molar-refractivity contribution in [1.29, 1.82) is 0 Å². The number of rotatable bonds is 4. The standard InChI is InChI=1S/C21H17FN6/c1-27-16(6-11-26-27)12-28-13-25-19(14-2-4-15(22)5-3-14)20(28)17-7-9-23-21-18(17)8-10-24-21/h2-11,13H,12H2,1H3,(H,23,24). The zero-order chi connectivity index (χ0) is 19.1. The van der Waals surface area contributed by atoms with Crippen molar-refractivity contribution in [2.45, 2.75) is 6.54 Å². The predicted octanol–water partition coefficient (Wildman–Crippen LogP) is 4.01. The van der Waals surface area contributed by atoms with Gasteiger partial charge in [-0.1, -0.05) is 0 Å². The molecule has 0 atom stereocenters. The molecule has 0 saturated heterocycles. The zero-order valence-corrected chi connectivity index (χ0v) is 15.2. The summed E-state index contributed by atoms with van der Waals surface area (Å²) in [6.07, 6.45) is 7.26. The fraction of sp³-hybridized carbons (Fsp3) is 0.0952. The molecule has 0 unspecified atom stereocenters. The van der Waals surface area contributed by atoms with Crippen LogP contribution in [0.2, 0.25) is 0 Å². The second kappa shape index (κ2) is 6.45. The van der Waals surface area contributed by atoms with Crippen LogP contribution in [0.5, 0.6) is 0 Å². The van der Waals surface area contributed by atoms with Gasteiger partial charge in [-0.2, -0.15) is 5.10 Å². The summed E-state index contributed by atoms with van der Waals surface area (Å²) in [6, 6.07) is 12.4. The van der Waals surface area contributed by atoms with Gasteiger partial charge >= 0.3 is 0 Å². The summed E-state index contributed by atoms with van der Waals surface area (Å²) >= 11 is 0. The van der Waals surface area contributed by atoms with E-state index in [0.717, 1.165) is 39.2 Å². The molecule has 0 radical (unpaired) electrons. The number of benzene rings is 1. The molecule has 0 saturated carbocycles. The molecule has 6 nitrogen and oxygen atoms in total. The highest BCUT2D eigenvalue weighted by atomic mass is 19.1. The van der Waals surface area contributed by atoms with Crippen LogP contribution in [0, 0.1) is 5.82 Å². The van der Waals surface area contributed by atoms with Crippen LogP contribution in [0.4, 0.5) is 4.39 Å². The minimum Gasteiger partial charge on any atom is -0.346 e. The van der Waals surface area contributed by atoms with Crippen molar-refractivity contribution in [2.75, 3.05) is 0 Å². The number of hydrogen-bond acceptors (Lipinski definition) is 3. The van der Waals surface area contributed by atoms with Crippen molar-refractivity contribution in [3.63, 3.8) is 0 Å². The molecule has 0 fully saturated rings. The highest BCUT2D eigenvalue weighted by Gasteiger charge is 2.18. The third-order valence-corrected chi connectivity index (χ3v) is 4.93. The molecule has 28 heavy (non-hydrogen) atoms. The first kappa shape index (κ1) is 16.4. The van der Waals surface area contributed by atoms with Gasteiger partial charge in [0.1, 0.15) is 11.5 Å². The molecule has 4 aromatic heterocycles. The number of hydrogen-bond donors (Lipinski definition) is 1. The molecule has 0 amide bonds. The van der Waals surface area contributed by atoms with E-state index in [4.69, 9.17) is 0 Å². The first-order valence-electron chi connectivity index (χ1n) is 8.91. The Morgan fingerprint density at radius 3 is 2.64 bits per heavy atom. The molecule has 5 aromatic rings. The molecular weight excluding hydrogens is 355 g/mol. The van der Waals surface area contributed by atoms with Crippen molar-refractivity contribution in [1.82, 2.24) is 29.3 Å². The summed E-state index contributed by atoms with van der Waals surface area (Å²) < 4.78 is 17.4. The van der Waals surface area contributed by atoms with Crippen molar-refractivity contribution in [3.05, 3.63) is 78.9 Å². The van der Waals surface area contributed by atoms with Crippen LogP contribution in [0.1, 0.15) is 5.69 Å². The van der Waals surface area contributed by atoms with E-state index < -0.39 is 0 Å². The van der Waals surface area contributed by atoms with Gasteiger partial charge in [-0.15, -0.1) is 0 Å². The van der Waals surface area contributed by atoms with E-state index in [-0.39, 0.29) is 5.82 Å². The minimum atomic E-state index is -0.267. The summed E-state index contributed by atoms with van der Waals surface area (Å²) in [6.45, 7) is 0.619. The second-order valence-corrected chi connectivity index (χ2v) is 6.62. The number of aryl methyl sites for hydroxylation is 1. The van der Waals surface area contributed by atoms with Gasteiger partial charge in [0.15, 0.2) is 0 Å². The number of aromatic nitrogens is 6. The lowest BCUT2D eigenvalue weighted by atomic mass is 10.0. The zero-order valence-electron chi connectivity index (χ0n) is 15.2. The van der Waals surface area contributed by atoms with Gasteiger partial charge in [-0.05, 0) is 42.5 Å². The number of halogens is 1. The Kier molecular flexibility index (Phi) is 3.79. The quantitative estimate of drug-likeness (QED) is 0.518. The van der Waals surface area contributed by atoms with Crippen LogP contribution in [0.25, 0.3) is 33.5 Å². The molecule has 0 aliphatic rings. The highest BCUT2D eigenvalue weighted by molar-refractivity contribution is 5.95. The monoisotopic (exact) mass is 372 g/mol. The molecule has 7 heteroatoms. The molecular formula is C21H17FN6. The Morgan fingerprint density at radius 1 is 1.00 bits per heavy atom. The van der Waals surface area contributed by atoms with Gasteiger partial charge < -0.3 is 9.55 Å². The summed E-state index contributed by atoms with van der Waals surface area (Å²) in [5.74, 6) is -0.267. The average Bonchev–Trinajstić information content (AvgIpc) is 3.43. The van der Waals surface area contributed by atoms with E-state index in [0.29, 0.717) is 6.54 Å². The van der Waals surface area contributed by atoms with Gasteiger partial charge in [0.2, 0.25) is 0 Å². The van der Waals surface area contributed by atoms with Gasteiger partial charge in [0, 0.05) is 42.2 Å². The fourth-order valence-electron chi connectivity index (χ4n) is 3.50. The Balaban J connectivity index is 1.74. The first-order valence-corrected chi connectivity index (χ1v) is 8.91. The lowest BCUT2D eigenvalue weighted by molar-refractivity contribution is 0.628. The van der Waals surface area contributed by atoms with Crippen molar-refractivity contribution < 1.29 is 4.39 Å².